The molecule has 19 heteroatoms. The van der Waals surface area contributed by atoms with E-state index in [-0.39, 0.29) is 25.7 Å². The Balaban J connectivity index is 5.48. The average Bonchev–Trinajstić information content (AvgIpc) is 0.923. The first-order chi connectivity index (χ1) is 52.7. The molecule has 0 bridgehead atoms. The van der Waals surface area contributed by atoms with Crippen LogP contribution in [0.4, 0.5) is 0 Å². The molecule has 0 aromatic carbocycles. The minimum atomic E-state index is -5.01. The van der Waals surface area contributed by atoms with Crippen molar-refractivity contribution in [1.82, 2.24) is 0 Å². The van der Waals surface area contributed by atoms with Crippen LogP contribution in [0.1, 0.15) is 297 Å². The van der Waals surface area contributed by atoms with Gasteiger partial charge in [0.15, 0.2) is 12.2 Å². The van der Waals surface area contributed by atoms with Crippen LogP contribution in [-0.2, 0) is 65.4 Å². The van der Waals surface area contributed by atoms with Gasteiger partial charge in [-0.05, 0) is 180 Å². The molecule has 0 aliphatic rings. The zero-order valence-electron chi connectivity index (χ0n) is 66.9. The van der Waals surface area contributed by atoms with Crippen molar-refractivity contribution < 1.29 is 80.2 Å². The van der Waals surface area contributed by atoms with Crippen LogP contribution in [0.25, 0.3) is 0 Å². The molecule has 612 valence electrons. The molecule has 5 unspecified atom stereocenters. The normalized spacial score (nSPS) is 14.8. The van der Waals surface area contributed by atoms with Crippen molar-refractivity contribution in [2.24, 2.45) is 0 Å². The molecule has 0 amide bonds. The maximum absolute atomic E-state index is 13.1. The summed E-state index contributed by atoms with van der Waals surface area (Å²) >= 11 is 0. The van der Waals surface area contributed by atoms with Crippen LogP contribution in [-0.4, -0.2) is 96.7 Å². The molecule has 0 aromatic heterocycles. The predicted molar refractivity (Wildman–Crippen MR) is 445 cm³/mol. The number of aliphatic hydroxyl groups is 1. The number of ether oxygens (including phenoxy) is 4. The van der Waals surface area contributed by atoms with Gasteiger partial charge in [0.2, 0.25) is 0 Å². The summed E-state index contributed by atoms with van der Waals surface area (Å²) in [7, 11) is -10.0. The number of allylic oxidation sites excluding steroid dienone is 30. The smallest absolute Gasteiger partial charge is 0.462 e. The number of unbranched alkanes of at least 4 members (excludes halogenated alkanes) is 19. The minimum absolute atomic E-state index is 0.0273. The van der Waals surface area contributed by atoms with Crippen molar-refractivity contribution in [2.45, 2.75) is 316 Å². The van der Waals surface area contributed by atoms with Gasteiger partial charge in [0.1, 0.15) is 19.3 Å². The number of aliphatic hydroxyl groups excluding tert-OH is 1. The Hall–Kier alpha value is -5.84. The quantitative estimate of drug-likeness (QED) is 0.0169. The van der Waals surface area contributed by atoms with Crippen LogP contribution in [0, 0.1) is 0 Å². The van der Waals surface area contributed by atoms with Crippen molar-refractivity contribution in [2.75, 3.05) is 39.6 Å². The first-order valence-corrected chi connectivity index (χ1v) is 44.0. The van der Waals surface area contributed by atoms with Gasteiger partial charge < -0.3 is 33.8 Å². The molecule has 0 heterocycles. The summed E-state index contributed by atoms with van der Waals surface area (Å²) in [5.74, 6) is -2.32. The second-order valence-corrected chi connectivity index (χ2v) is 29.5. The third-order valence-electron chi connectivity index (χ3n) is 16.3. The topological polar surface area (TPSA) is 237 Å². The van der Waals surface area contributed by atoms with E-state index in [1.807, 2.05) is 0 Å². The van der Waals surface area contributed by atoms with Gasteiger partial charge in [-0.3, -0.25) is 37.3 Å². The van der Waals surface area contributed by atoms with E-state index in [4.69, 9.17) is 37.0 Å². The van der Waals surface area contributed by atoms with Gasteiger partial charge in [-0.2, -0.15) is 0 Å². The SMILES string of the molecule is CC/C=C\C/C=C\C/C=C\C/C=C\C/C=C\CCCCCC(=O)OCC(COP(=O)(O)OCC(O)COP(=O)(O)OCC(COC(=O)CCCCC/C=C\C/C=C\C/C=C\C/C=C\C/C=C\CC)OC(=O)CCCCCCC/C=C\CCCCCCCC)OC(=O)CCCC/C=C\C/C=C\C/C=C\C/C=C\CC. The molecule has 0 radical (unpaired) electrons. The molecule has 0 aliphatic heterocycles. The Morgan fingerprint density at radius 1 is 0.269 bits per heavy atom. The van der Waals surface area contributed by atoms with E-state index in [9.17, 15) is 43.2 Å². The molecule has 0 spiro atoms. The van der Waals surface area contributed by atoms with Gasteiger partial charge in [-0.15, -0.1) is 0 Å². The fourth-order valence-corrected chi connectivity index (χ4v) is 11.8. The molecule has 5 atom stereocenters. The van der Waals surface area contributed by atoms with Crippen LogP contribution in [0.2, 0.25) is 0 Å². The highest BCUT2D eigenvalue weighted by Gasteiger charge is 2.30. The Kier molecular flexibility index (Phi) is 75.0. The molecular weight excluding hydrogens is 1400 g/mol. The van der Waals surface area contributed by atoms with Crippen molar-refractivity contribution in [1.29, 1.82) is 0 Å². The Bertz CT molecular complexity index is 2760. The van der Waals surface area contributed by atoms with E-state index in [0.29, 0.717) is 32.1 Å². The number of phosphoric ester groups is 2. The van der Waals surface area contributed by atoms with Crippen molar-refractivity contribution in [3.63, 3.8) is 0 Å². The molecule has 0 rings (SSSR count). The molecule has 0 saturated carbocycles. The van der Waals surface area contributed by atoms with Gasteiger partial charge >= 0.3 is 39.5 Å². The lowest BCUT2D eigenvalue weighted by Crippen LogP contribution is -2.30. The third kappa shape index (κ3) is 78.3. The number of esters is 4. The number of carbonyl (C=O) groups is 4. The van der Waals surface area contributed by atoms with Crippen molar-refractivity contribution in [3.8, 4) is 0 Å². The number of hydrogen-bond acceptors (Lipinski definition) is 15. The highest BCUT2D eigenvalue weighted by atomic mass is 31.2. The number of phosphoric acid groups is 2. The second-order valence-electron chi connectivity index (χ2n) is 26.6. The minimum Gasteiger partial charge on any atom is -0.462 e. The number of hydrogen-bond donors (Lipinski definition) is 3. The van der Waals surface area contributed by atoms with Gasteiger partial charge in [-0.1, -0.05) is 274 Å². The van der Waals surface area contributed by atoms with Crippen LogP contribution in [0.3, 0.4) is 0 Å². The van der Waals surface area contributed by atoms with Crippen molar-refractivity contribution in [3.05, 3.63) is 182 Å². The molecule has 0 aromatic rings. The predicted octanol–water partition coefficient (Wildman–Crippen LogP) is 24.3. The Morgan fingerprint density at radius 2 is 0.481 bits per heavy atom. The monoisotopic (exact) mass is 1550 g/mol. The largest absolute Gasteiger partial charge is 0.472 e. The molecule has 17 nitrogen and oxygen atoms in total. The average molecular weight is 1550 g/mol. The summed E-state index contributed by atoms with van der Waals surface area (Å²) in [5, 5.41) is 10.7. The molecule has 0 saturated heterocycles. The number of carbonyl (C=O) groups excluding carboxylic acids is 4. The first-order valence-electron chi connectivity index (χ1n) is 41.0. The highest BCUT2D eigenvalue weighted by Crippen LogP contribution is 2.45. The molecule has 0 fully saturated rings. The lowest BCUT2D eigenvalue weighted by molar-refractivity contribution is -0.161. The maximum atomic E-state index is 13.1. The van der Waals surface area contributed by atoms with E-state index in [0.717, 1.165) is 173 Å². The Labute approximate surface area is 654 Å². The third-order valence-corrected chi connectivity index (χ3v) is 18.2. The lowest BCUT2D eigenvalue weighted by Gasteiger charge is -2.21. The zero-order chi connectivity index (χ0) is 78.9. The summed E-state index contributed by atoms with van der Waals surface area (Å²) < 4.78 is 68.6. The van der Waals surface area contributed by atoms with Crippen LogP contribution in [0.15, 0.2) is 182 Å². The summed E-state index contributed by atoms with van der Waals surface area (Å²) in [6.45, 7) is 4.38. The summed E-state index contributed by atoms with van der Waals surface area (Å²) in [5.41, 5.74) is 0. The van der Waals surface area contributed by atoms with E-state index in [2.05, 4.69) is 210 Å². The summed E-state index contributed by atoms with van der Waals surface area (Å²) in [6, 6.07) is 0. The van der Waals surface area contributed by atoms with E-state index < -0.39 is 97.5 Å². The highest BCUT2D eigenvalue weighted by molar-refractivity contribution is 7.47. The van der Waals surface area contributed by atoms with Crippen LogP contribution >= 0.6 is 15.6 Å². The van der Waals surface area contributed by atoms with E-state index >= 15 is 0 Å². The molecule has 0 aliphatic carbocycles. The maximum Gasteiger partial charge on any atom is 0.472 e. The fourth-order valence-electron chi connectivity index (χ4n) is 10.2. The summed E-state index contributed by atoms with van der Waals surface area (Å²) in [4.78, 5) is 73.1. The van der Waals surface area contributed by atoms with Crippen LogP contribution in [0.5, 0.6) is 0 Å². The Morgan fingerprint density at radius 3 is 0.778 bits per heavy atom. The van der Waals surface area contributed by atoms with Gasteiger partial charge in [0.05, 0.1) is 26.4 Å². The number of rotatable bonds is 75. The molecule has 108 heavy (non-hydrogen) atoms. The molecular formula is C89H144O17P2. The van der Waals surface area contributed by atoms with Crippen LogP contribution < -0.4 is 0 Å². The molecule has 3 N–H and O–H groups in total. The van der Waals surface area contributed by atoms with Gasteiger partial charge in [0.25, 0.3) is 0 Å². The van der Waals surface area contributed by atoms with Gasteiger partial charge in [-0.25, -0.2) is 9.13 Å². The second kappa shape index (κ2) is 79.3. The standard InChI is InChI=1S/C89H144O17P2/c1-5-9-13-17-21-25-29-33-37-39-41-43-47-49-53-57-61-65-69-73-86(91)99-79-84(105-88(93)75-71-67-63-59-55-51-45-35-31-27-23-19-15-11-7-3)81-103-107(95,96)101-77-83(90)78-102-108(97,98)104-82-85(106-89(94)76-72-68-64-60-56-52-46-36-32-28-24-20-16-12-8-4)80-100-87(92)74-70-66-62-58-54-50-48-44-42-40-38-34-30-26-22-18-14-10-6-2/h9-11,13-15,21-23,25-27,33-38,41-46,49-50,53-55,59,83-85,90H,5-8,12,16-20,24,28-32,39-40,47-48,51-52,56-58,60-82H2,1-4H3,(H,95,96)(H,97,98)/b13-9-,14-10-,15-11-,25-21-,26-22-,27-23-,37-33-,38-34-,43-41-,44-42-,45-35-,46-36-,53-49-,54-50-,59-55-. The van der Waals surface area contributed by atoms with Gasteiger partial charge in [0, 0.05) is 25.7 Å². The first kappa shape index (κ1) is 102. The van der Waals surface area contributed by atoms with E-state index in [1.54, 1.807) is 0 Å². The zero-order valence-corrected chi connectivity index (χ0v) is 68.7. The van der Waals surface area contributed by atoms with E-state index in [1.165, 1.54) is 38.5 Å². The lowest BCUT2D eigenvalue weighted by atomic mass is 10.1. The fraction of sp³-hybridized carbons (Fsp3) is 0.618. The van der Waals surface area contributed by atoms with Crippen molar-refractivity contribution >= 4 is 39.5 Å². The summed E-state index contributed by atoms with van der Waals surface area (Å²) in [6.07, 6.45) is 95.8.